The van der Waals surface area contributed by atoms with E-state index < -0.39 is 0 Å². The zero-order valence-electron chi connectivity index (χ0n) is 13.5. The Kier molecular flexibility index (Phi) is 6.25. The minimum Gasteiger partial charge on any atom is -0.314 e. The number of aromatic nitrogens is 1. The monoisotopic (exact) mass is 348 g/mol. The van der Waals surface area contributed by atoms with Crippen molar-refractivity contribution in [1.29, 1.82) is 0 Å². The number of pyridine rings is 1. The van der Waals surface area contributed by atoms with Gasteiger partial charge in [0.25, 0.3) is 5.69 Å². The molecule has 0 aliphatic carbocycles. The number of benzene rings is 1. The molecular formula is C17H21ClN4O2. The molecule has 6 nitrogen and oxygen atoms in total. The maximum Gasteiger partial charge on any atom is 0.272 e. The lowest BCUT2D eigenvalue weighted by atomic mass is 10.0. The molecule has 2 heterocycles. The molecule has 0 amide bonds. The lowest BCUT2D eigenvalue weighted by Crippen LogP contribution is -2.45. The van der Waals surface area contributed by atoms with Gasteiger partial charge in [0.1, 0.15) is 0 Å². The molecule has 128 valence electrons. The average molecular weight is 349 g/mol. The molecule has 2 aromatic rings. The van der Waals surface area contributed by atoms with Gasteiger partial charge in [-0.3, -0.25) is 20.0 Å². The van der Waals surface area contributed by atoms with Crippen LogP contribution in [0, 0.1) is 17.0 Å². The van der Waals surface area contributed by atoms with E-state index in [1.165, 1.54) is 5.56 Å². The van der Waals surface area contributed by atoms with Gasteiger partial charge in [-0.05, 0) is 30.2 Å². The summed E-state index contributed by atoms with van der Waals surface area (Å²) in [6, 6.07) is 9.82. The highest BCUT2D eigenvalue weighted by Gasteiger charge is 2.24. The number of nitrogens with zero attached hydrogens (tertiary/aromatic N) is 3. The van der Waals surface area contributed by atoms with Crippen molar-refractivity contribution in [2.24, 2.45) is 0 Å². The van der Waals surface area contributed by atoms with E-state index in [2.05, 4.69) is 15.2 Å². The molecule has 1 saturated heterocycles. The van der Waals surface area contributed by atoms with E-state index in [9.17, 15) is 10.1 Å². The van der Waals surface area contributed by atoms with Crippen LogP contribution >= 0.6 is 12.4 Å². The van der Waals surface area contributed by atoms with Crippen molar-refractivity contribution in [3.63, 3.8) is 0 Å². The molecule has 1 aromatic carbocycles. The number of hydrogen-bond donors (Lipinski definition) is 1. The van der Waals surface area contributed by atoms with E-state index >= 15 is 0 Å². The van der Waals surface area contributed by atoms with Gasteiger partial charge in [-0.15, -0.1) is 12.4 Å². The fraction of sp³-hybridized carbons (Fsp3) is 0.353. The third-order valence-corrected chi connectivity index (χ3v) is 4.30. The van der Waals surface area contributed by atoms with Gasteiger partial charge in [0.15, 0.2) is 0 Å². The molecule has 0 bridgehead atoms. The second-order valence-electron chi connectivity index (χ2n) is 5.85. The molecule has 1 unspecified atom stereocenters. The van der Waals surface area contributed by atoms with Gasteiger partial charge in [0.2, 0.25) is 0 Å². The van der Waals surface area contributed by atoms with Crippen molar-refractivity contribution < 1.29 is 4.92 Å². The summed E-state index contributed by atoms with van der Waals surface area (Å²) in [7, 11) is 0. The van der Waals surface area contributed by atoms with Gasteiger partial charge in [-0.25, -0.2) is 0 Å². The Bertz CT molecular complexity index is 696. The lowest BCUT2D eigenvalue weighted by Gasteiger charge is -2.36. The summed E-state index contributed by atoms with van der Waals surface area (Å²) >= 11 is 0. The van der Waals surface area contributed by atoms with E-state index in [0.717, 1.165) is 25.2 Å². The molecule has 0 spiro atoms. The quantitative estimate of drug-likeness (QED) is 0.679. The topological polar surface area (TPSA) is 71.3 Å². The number of halogens is 1. The van der Waals surface area contributed by atoms with Crippen molar-refractivity contribution in [3.8, 4) is 0 Å². The Hall–Kier alpha value is -2.02. The van der Waals surface area contributed by atoms with Crippen LogP contribution in [-0.4, -0.2) is 34.4 Å². The maximum absolute atomic E-state index is 11.1. The summed E-state index contributed by atoms with van der Waals surface area (Å²) in [5.74, 6) is 0. The largest absolute Gasteiger partial charge is 0.314 e. The van der Waals surface area contributed by atoms with E-state index in [-0.39, 0.29) is 29.1 Å². The second-order valence-corrected chi connectivity index (χ2v) is 5.85. The molecule has 1 aromatic heterocycles. The zero-order valence-corrected chi connectivity index (χ0v) is 14.3. The average Bonchev–Trinajstić information content (AvgIpc) is 2.57. The van der Waals surface area contributed by atoms with Gasteiger partial charge in [0, 0.05) is 56.2 Å². The van der Waals surface area contributed by atoms with Crippen molar-refractivity contribution in [1.82, 2.24) is 15.2 Å². The van der Waals surface area contributed by atoms with Crippen LogP contribution in [0.1, 0.15) is 22.7 Å². The molecular weight excluding hydrogens is 328 g/mol. The predicted octanol–water partition coefficient (Wildman–Crippen LogP) is 2.87. The highest BCUT2D eigenvalue weighted by atomic mass is 35.5. The standard InChI is InChI=1S/C17H20N4O2.ClH/c1-13-2-3-14(10-16(13)21(22)23)12-20-9-8-19-11-17(20)15-4-6-18-7-5-15;/h2-7,10,17,19H,8-9,11-12H2,1H3;1H. The SMILES string of the molecule is Cc1ccc(CN2CCNCC2c2ccncc2)cc1[N+](=O)[O-].Cl. The van der Waals surface area contributed by atoms with Gasteiger partial charge < -0.3 is 5.32 Å². The van der Waals surface area contributed by atoms with Crippen molar-refractivity contribution >= 4 is 18.1 Å². The molecule has 1 atom stereocenters. The molecule has 3 rings (SSSR count). The second kappa shape index (κ2) is 8.19. The Morgan fingerprint density at radius 3 is 2.79 bits per heavy atom. The first kappa shape index (κ1) is 18.3. The van der Waals surface area contributed by atoms with Crippen LogP contribution in [0.3, 0.4) is 0 Å². The van der Waals surface area contributed by atoms with Crippen molar-refractivity contribution in [2.75, 3.05) is 19.6 Å². The van der Waals surface area contributed by atoms with Crippen LogP contribution in [0.15, 0.2) is 42.7 Å². The van der Waals surface area contributed by atoms with Gasteiger partial charge in [-0.1, -0.05) is 12.1 Å². The van der Waals surface area contributed by atoms with E-state index in [4.69, 9.17) is 0 Å². The highest BCUT2D eigenvalue weighted by Crippen LogP contribution is 2.26. The number of nitrogens with one attached hydrogen (secondary N) is 1. The summed E-state index contributed by atoms with van der Waals surface area (Å²) in [5, 5.41) is 14.5. The number of nitro benzene ring substituents is 1. The minimum absolute atomic E-state index is 0. The Labute approximate surface area is 147 Å². The van der Waals surface area contributed by atoms with Crippen LogP contribution in [0.5, 0.6) is 0 Å². The molecule has 1 fully saturated rings. The zero-order chi connectivity index (χ0) is 16.2. The maximum atomic E-state index is 11.1. The molecule has 1 N–H and O–H groups in total. The third kappa shape index (κ3) is 4.08. The first-order chi connectivity index (χ1) is 11.1. The summed E-state index contributed by atoms with van der Waals surface area (Å²) in [5.41, 5.74) is 3.08. The Morgan fingerprint density at radius 2 is 2.08 bits per heavy atom. The van der Waals surface area contributed by atoms with Gasteiger partial charge >= 0.3 is 0 Å². The molecule has 24 heavy (non-hydrogen) atoms. The van der Waals surface area contributed by atoms with E-state index in [1.54, 1.807) is 25.4 Å². The summed E-state index contributed by atoms with van der Waals surface area (Å²) in [6.45, 7) is 5.18. The Morgan fingerprint density at radius 1 is 1.33 bits per heavy atom. The third-order valence-electron chi connectivity index (χ3n) is 4.30. The first-order valence-electron chi connectivity index (χ1n) is 7.74. The number of hydrogen-bond acceptors (Lipinski definition) is 5. The molecule has 0 saturated carbocycles. The number of piperazine rings is 1. The summed E-state index contributed by atoms with van der Waals surface area (Å²) in [4.78, 5) is 17.3. The number of aryl methyl sites for hydroxylation is 1. The van der Waals surface area contributed by atoms with Crippen LogP contribution in [0.2, 0.25) is 0 Å². The molecule has 7 heteroatoms. The van der Waals surface area contributed by atoms with Crippen molar-refractivity contribution in [3.05, 3.63) is 69.5 Å². The molecule has 1 aliphatic rings. The van der Waals surface area contributed by atoms with Crippen molar-refractivity contribution in [2.45, 2.75) is 19.5 Å². The Balaban J connectivity index is 0.00000208. The lowest BCUT2D eigenvalue weighted by molar-refractivity contribution is -0.385. The van der Waals surface area contributed by atoms with Crippen LogP contribution in [0.4, 0.5) is 5.69 Å². The highest BCUT2D eigenvalue weighted by molar-refractivity contribution is 5.85. The van der Waals surface area contributed by atoms with Crippen LogP contribution in [0.25, 0.3) is 0 Å². The number of nitro groups is 1. The number of rotatable bonds is 4. The van der Waals surface area contributed by atoms with E-state index in [0.29, 0.717) is 12.1 Å². The van der Waals surface area contributed by atoms with Gasteiger partial charge in [-0.2, -0.15) is 0 Å². The molecule has 1 aliphatic heterocycles. The fourth-order valence-electron chi connectivity index (χ4n) is 3.03. The van der Waals surface area contributed by atoms with Gasteiger partial charge in [0.05, 0.1) is 4.92 Å². The fourth-order valence-corrected chi connectivity index (χ4v) is 3.03. The van der Waals surface area contributed by atoms with Crippen LogP contribution < -0.4 is 5.32 Å². The van der Waals surface area contributed by atoms with E-state index in [1.807, 2.05) is 24.3 Å². The normalized spacial score (nSPS) is 18.0. The first-order valence-corrected chi connectivity index (χ1v) is 7.74. The summed E-state index contributed by atoms with van der Waals surface area (Å²) < 4.78 is 0. The smallest absolute Gasteiger partial charge is 0.272 e. The van der Waals surface area contributed by atoms with Crippen LogP contribution in [-0.2, 0) is 6.54 Å². The predicted molar refractivity (Wildman–Crippen MR) is 95.3 cm³/mol. The minimum atomic E-state index is -0.309. The summed E-state index contributed by atoms with van der Waals surface area (Å²) in [6.07, 6.45) is 3.61. The molecule has 0 radical (unpaired) electrons.